The minimum Gasteiger partial charge on any atom is -0.360 e. The molecule has 1 heterocycles. The molecule has 0 bridgehead atoms. The molecule has 4 N–H and O–H groups in total. The number of H-pyrrole nitrogens is 1. The number of unbranched alkanes of at least 4 members (excludes halogenated alkanes) is 2. The SMILES string of the molecule is CCCCCC(C)NC(=O)NNC(=O)c1c[nH]c2ccccc12. The van der Waals surface area contributed by atoms with Crippen molar-refractivity contribution in [1.29, 1.82) is 0 Å². The highest BCUT2D eigenvalue weighted by Crippen LogP contribution is 2.17. The second-order valence-electron chi connectivity index (χ2n) is 5.70. The third-order valence-electron chi connectivity index (χ3n) is 3.74. The number of aromatic nitrogens is 1. The van der Waals surface area contributed by atoms with Gasteiger partial charge >= 0.3 is 6.03 Å². The summed E-state index contributed by atoms with van der Waals surface area (Å²) >= 11 is 0. The second kappa shape index (κ2) is 8.22. The summed E-state index contributed by atoms with van der Waals surface area (Å²) in [7, 11) is 0. The van der Waals surface area contributed by atoms with Gasteiger partial charge in [0.1, 0.15) is 0 Å². The molecule has 6 nitrogen and oxygen atoms in total. The summed E-state index contributed by atoms with van der Waals surface area (Å²) in [5.41, 5.74) is 6.20. The van der Waals surface area contributed by atoms with Crippen molar-refractivity contribution in [1.82, 2.24) is 21.2 Å². The van der Waals surface area contributed by atoms with Crippen LogP contribution in [0.25, 0.3) is 10.9 Å². The Labute approximate surface area is 136 Å². The molecule has 23 heavy (non-hydrogen) atoms. The zero-order valence-electron chi connectivity index (χ0n) is 13.6. The van der Waals surface area contributed by atoms with Crippen LogP contribution in [0.2, 0.25) is 0 Å². The van der Waals surface area contributed by atoms with E-state index in [1.54, 1.807) is 6.20 Å². The fourth-order valence-corrected chi connectivity index (χ4v) is 2.47. The van der Waals surface area contributed by atoms with E-state index < -0.39 is 6.03 Å². The topological polar surface area (TPSA) is 86.0 Å². The Morgan fingerprint density at radius 3 is 2.74 bits per heavy atom. The van der Waals surface area contributed by atoms with Crippen molar-refractivity contribution < 1.29 is 9.59 Å². The van der Waals surface area contributed by atoms with E-state index in [-0.39, 0.29) is 11.9 Å². The largest absolute Gasteiger partial charge is 0.360 e. The Hall–Kier alpha value is -2.50. The van der Waals surface area contributed by atoms with E-state index in [0.29, 0.717) is 5.56 Å². The predicted molar refractivity (Wildman–Crippen MR) is 91.0 cm³/mol. The maximum atomic E-state index is 12.1. The van der Waals surface area contributed by atoms with E-state index in [2.05, 4.69) is 28.1 Å². The fraction of sp³-hybridized carbons (Fsp3) is 0.412. The van der Waals surface area contributed by atoms with Crippen molar-refractivity contribution in [2.45, 2.75) is 45.6 Å². The molecule has 3 amide bonds. The number of urea groups is 1. The van der Waals surface area contributed by atoms with Gasteiger partial charge in [-0.25, -0.2) is 10.2 Å². The van der Waals surface area contributed by atoms with Crippen LogP contribution in [0.3, 0.4) is 0 Å². The lowest BCUT2D eigenvalue weighted by Crippen LogP contribution is -2.49. The molecule has 0 aliphatic heterocycles. The van der Waals surface area contributed by atoms with E-state index in [9.17, 15) is 9.59 Å². The molecule has 2 aromatic rings. The van der Waals surface area contributed by atoms with Crippen LogP contribution in [-0.2, 0) is 0 Å². The van der Waals surface area contributed by atoms with Crippen molar-refractivity contribution in [2.24, 2.45) is 0 Å². The summed E-state index contributed by atoms with van der Waals surface area (Å²) in [5, 5.41) is 3.62. The molecule has 1 unspecified atom stereocenters. The Morgan fingerprint density at radius 2 is 1.96 bits per heavy atom. The molecule has 1 aromatic heterocycles. The third kappa shape index (κ3) is 4.74. The number of nitrogens with one attached hydrogen (secondary N) is 4. The number of carbonyl (C=O) groups excluding carboxylic acids is 2. The maximum absolute atomic E-state index is 12.1. The van der Waals surface area contributed by atoms with Crippen LogP contribution in [0.5, 0.6) is 0 Å². The molecule has 0 saturated heterocycles. The lowest BCUT2D eigenvalue weighted by atomic mass is 10.1. The number of benzene rings is 1. The lowest BCUT2D eigenvalue weighted by molar-refractivity contribution is 0.0937. The van der Waals surface area contributed by atoms with Gasteiger partial charge in [0, 0.05) is 23.1 Å². The van der Waals surface area contributed by atoms with Gasteiger partial charge < -0.3 is 10.3 Å². The summed E-state index contributed by atoms with van der Waals surface area (Å²) < 4.78 is 0. The van der Waals surface area contributed by atoms with E-state index >= 15 is 0 Å². The number of rotatable bonds is 6. The summed E-state index contributed by atoms with van der Waals surface area (Å²) in [6.45, 7) is 4.10. The predicted octanol–water partition coefficient (Wildman–Crippen LogP) is 3.08. The van der Waals surface area contributed by atoms with Crippen molar-refractivity contribution >= 4 is 22.8 Å². The molecular weight excluding hydrogens is 292 g/mol. The van der Waals surface area contributed by atoms with Crippen LogP contribution in [-0.4, -0.2) is 23.0 Å². The zero-order chi connectivity index (χ0) is 16.7. The Balaban J connectivity index is 1.81. The first-order valence-corrected chi connectivity index (χ1v) is 8.04. The number of amides is 3. The molecule has 6 heteroatoms. The minimum atomic E-state index is -0.401. The Kier molecular flexibility index (Phi) is 6.02. The zero-order valence-corrected chi connectivity index (χ0v) is 13.6. The molecule has 2 rings (SSSR count). The highest BCUT2D eigenvalue weighted by molar-refractivity contribution is 6.07. The number of para-hydroxylation sites is 1. The number of carbonyl (C=O) groups is 2. The van der Waals surface area contributed by atoms with Gasteiger partial charge in [-0.15, -0.1) is 0 Å². The van der Waals surface area contributed by atoms with Gasteiger partial charge in [0.15, 0.2) is 0 Å². The van der Waals surface area contributed by atoms with Crippen LogP contribution >= 0.6 is 0 Å². The standard InChI is InChI=1S/C17H24N4O2/c1-3-4-5-8-12(2)19-17(23)21-20-16(22)14-11-18-15-10-7-6-9-13(14)15/h6-7,9-12,18H,3-5,8H2,1-2H3,(H,20,22)(H2,19,21,23). The third-order valence-corrected chi connectivity index (χ3v) is 3.74. The van der Waals surface area contributed by atoms with Gasteiger partial charge in [0.05, 0.1) is 5.56 Å². The molecule has 1 aromatic carbocycles. The number of hydrazine groups is 1. The monoisotopic (exact) mass is 316 g/mol. The first-order chi connectivity index (χ1) is 11.1. The molecule has 0 aliphatic carbocycles. The molecule has 1 atom stereocenters. The first-order valence-electron chi connectivity index (χ1n) is 8.04. The van der Waals surface area contributed by atoms with Crippen LogP contribution in [0.4, 0.5) is 4.79 Å². The van der Waals surface area contributed by atoms with Crippen molar-refractivity contribution in [2.75, 3.05) is 0 Å². The van der Waals surface area contributed by atoms with Gasteiger partial charge in [-0.3, -0.25) is 10.2 Å². The normalized spacial score (nSPS) is 11.9. The van der Waals surface area contributed by atoms with E-state index in [1.165, 1.54) is 0 Å². The molecule has 124 valence electrons. The quantitative estimate of drug-likeness (QED) is 0.487. The summed E-state index contributed by atoms with van der Waals surface area (Å²) in [4.78, 5) is 27.0. The molecule has 0 radical (unpaired) electrons. The highest BCUT2D eigenvalue weighted by Gasteiger charge is 2.13. The van der Waals surface area contributed by atoms with E-state index in [1.807, 2.05) is 31.2 Å². The number of aromatic amines is 1. The Bertz CT molecular complexity index is 665. The average Bonchev–Trinajstić information content (AvgIpc) is 2.97. The van der Waals surface area contributed by atoms with E-state index in [0.717, 1.165) is 36.6 Å². The molecule has 0 spiro atoms. The molecule has 0 saturated carbocycles. The van der Waals surface area contributed by atoms with Crippen molar-refractivity contribution in [3.63, 3.8) is 0 Å². The fourth-order valence-electron chi connectivity index (χ4n) is 2.47. The summed E-state index contributed by atoms with van der Waals surface area (Å²) in [5.74, 6) is -0.351. The van der Waals surface area contributed by atoms with Crippen LogP contribution in [0.15, 0.2) is 30.5 Å². The lowest BCUT2D eigenvalue weighted by Gasteiger charge is -2.14. The number of hydrogen-bond acceptors (Lipinski definition) is 2. The molecule has 0 aliphatic rings. The van der Waals surface area contributed by atoms with Crippen LogP contribution in [0, 0.1) is 0 Å². The van der Waals surface area contributed by atoms with Crippen molar-refractivity contribution in [3.8, 4) is 0 Å². The Morgan fingerprint density at radius 1 is 1.17 bits per heavy atom. The van der Waals surface area contributed by atoms with Crippen LogP contribution in [0.1, 0.15) is 49.9 Å². The van der Waals surface area contributed by atoms with Crippen molar-refractivity contribution in [3.05, 3.63) is 36.0 Å². The smallest absolute Gasteiger partial charge is 0.333 e. The van der Waals surface area contributed by atoms with Gasteiger partial charge in [0.2, 0.25) is 0 Å². The molecule has 0 fully saturated rings. The number of fused-ring (bicyclic) bond motifs is 1. The second-order valence-corrected chi connectivity index (χ2v) is 5.70. The molecular formula is C17H24N4O2. The maximum Gasteiger partial charge on any atom is 0.333 e. The first kappa shape index (κ1) is 16.9. The van der Waals surface area contributed by atoms with Gasteiger partial charge in [-0.1, -0.05) is 44.4 Å². The average molecular weight is 316 g/mol. The van der Waals surface area contributed by atoms with E-state index in [4.69, 9.17) is 0 Å². The van der Waals surface area contributed by atoms with Gasteiger partial charge in [0.25, 0.3) is 5.91 Å². The van der Waals surface area contributed by atoms with Crippen LogP contribution < -0.4 is 16.2 Å². The highest BCUT2D eigenvalue weighted by atomic mass is 16.2. The summed E-state index contributed by atoms with van der Waals surface area (Å²) in [6.07, 6.45) is 5.95. The van der Waals surface area contributed by atoms with Gasteiger partial charge in [-0.05, 0) is 19.4 Å². The number of hydrogen-bond donors (Lipinski definition) is 4. The minimum absolute atomic E-state index is 0.0755. The summed E-state index contributed by atoms with van der Waals surface area (Å²) in [6, 6.07) is 7.19. The van der Waals surface area contributed by atoms with Gasteiger partial charge in [-0.2, -0.15) is 0 Å².